The number of hydrogen-bond donors (Lipinski definition) is 1. The molecule has 0 spiro atoms. The molecular weight excluding hydrogens is 404 g/mol. The highest BCUT2D eigenvalue weighted by Crippen LogP contribution is 2.38. The Morgan fingerprint density at radius 1 is 0.969 bits per heavy atom. The van der Waals surface area contributed by atoms with Gasteiger partial charge in [0.1, 0.15) is 18.1 Å². The van der Waals surface area contributed by atoms with E-state index in [0.29, 0.717) is 12.5 Å². The number of carbonyl (C=O) groups excluding carboxylic acids is 2. The van der Waals surface area contributed by atoms with E-state index < -0.39 is 11.5 Å². The van der Waals surface area contributed by atoms with Gasteiger partial charge >= 0.3 is 12.1 Å². The monoisotopic (exact) mass is 436 g/mol. The van der Waals surface area contributed by atoms with Crippen molar-refractivity contribution in [3.05, 3.63) is 71.8 Å². The summed E-state index contributed by atoms with van der Waals surface area (Å²) < 4.78 is 11.5. The standard InChI is InChI=1S/C26H32N2O4/c27-16-23(21-12-6-2-7-13-21)32-24(29)26(22-14-8-3-9-15-22)18-28(19-26)25(30)31-17-20-10-4-1-5-11-20/h1,3-5,8-11,14-15,21,23H,2,6-7,12-13,16-19,27H2/t23-/m0/s1. The average molecular weight is 437 g/mol. The minimum Gasteiger partial charge on any atom is -0.460 e. The molecule has 1 atom stereocenters. The lowest BCUT2D eigenvalue weighted by atomic mass is 9.73. The molecule has 1 heterocycles. The largest absolute Gasteiger partial charge is 0.460 e. The third-order valence-corrected chi connectivity index (χ3v) is 6.77. The number of rotatable bonds is 7. The fourth-order valence-electron chi connectivity index (χ4n) is 4.82. The lowest BCUT2D eigenvalue weighted by Gasteiger charge is -2.48. The number of amides is 1. The van der Waals surface area contributed by atoms with Crippen LogP contribution in [0.2, 0.25) is 0 Å². The second-order valence-electron chi connectivity index (χ2n) is 8.92. The lowest BCUT2D eigenvalue weighted by Crippen LogP contribution is -2.66. The number of nitrogens with zero attached hydrogens (tertiary/aromatic N) is 1. The van der Waals surface area contributed by atoms with Gasteiger partial charge in [-0.2, -0.15) is 0 Å². The Balaban J connectivity index is 1.43. The maximum absolute atomic E-state index is 13.5. The van der Waals surface area contributed by atoms with Gasteiger partial charge in [-0.15, -0.1) is 0 Å². The first-order valence-electron chi connectivity index (χ1n) is 11.5. The van der Waals surface area contributed by atoms with Crippen LogP contribution in [0, 0.1) is 5.92 Å². The van der Waals surface area contributed by atoms with Crippen molar-refractivity contribution < 1.29 is 19.1 Å². The SMILES string of the molecule is NC[C@H](OC(=O)C1(c2ccccc2)CN(C(=O)OCc2ccccc2)C1)C1CCCCC1. The summed E-state index contributed by atoms with van der Waals surface area (Å²) >= 11 is 0. The van der Waals surface area contributed by atoms with Gasteiger partial charge in [0.05, 0.1) is 0 Å². The first-order valence-corrected chi connectivity index (χ1v) is 11.5. The first-order chi connectivity index (χ1) is 15.6. The predicted molar refractivity (Wildman–Crippen MR) is 122 cm³/mol. The number of nitrogens with two attached hydrogens (primary N) is 1. The second kappa shape index (κ2) is 10.2. The molecule has 0 radical (unpaired) electrons. The fraction of sp³-hybridized carbons (Fsp3) is 0.462. The Hall–Kier alpha value is -2.86. The van der Waals surface area contributed by atoms with E-state index in [2.05, 4.69) is 0 Å². The minimum absolute atomic E-state index is 0.204. The van der Waals surface area contributed by atoms with Crippen LogP contribution >= 0.6 is 0 Å². The van der Waals surface area contributed by atoms with Crippen molar-refractivity contribution in [2.45, 2.75) is 50.2 Å². The number of likely N-dealkylation sites (tertiary alicyclic amines) is 1. The molecule has 6 heteroatoms. The van der Waals surface area contributed by atoms with Crippen LogP contribution in [0.5, 0.6) is 0 Å². The summed E-state index contributed by atoms with van der Waals surface area (Å²) in [6, 6.07) is 19.1. The van der Waals surface area contributed by atoms with E-state index in [1.54, 1.807) is 4.90 Å². The number of esters is 1. The summed E-state index contributed by atoms with van der Waals surface area (Å²) in [5, 5.41) is 0. The fourth-order valence-corrected chi connectivity index (χ4v) is 4.82. The molecule has 32 heavy (non-hydrogen) atoms. The summed E-state index contributed by atoms with van der Waals surface area (Å²) in [5.74, 6) is 0.0226. The molecule has 2 aromatic carbocycles. The van der Waals surface area contributed by atoms with Crippen LogP contribution in [0.3, 0.4) is 0 Å². The summed E-state index contributed by atoms with van der Waals surface area (Å²) in [4.78, 5) is 27.6. The second-order valence-corrected chi connectivity index (χ2v) is 8.92. The van der Waals surface area contributed by atoms with Crippen molar-refractivity contribution >= 4 is 12.1 Å². The highest BCUT2D eigenvalue weighted by molar-refractivity contribution is 5.88. The van der Waals surface area contributed by atoms with Gasteiger partial charge in [-0.25, -0.2) is 4.79 Å². The Morgan fingerprint density at radius 3 is 2.22 bits per heavy atom. The Morgan fingerprint density at radius 2 is 1.59 bits per heavy atom. The molecule has 170 valence electrons. The van der Waals surface area contributed by atoms with Gasteiger partial charge in [-0.1, -0.05) is 79.9 Å². The highest BCUT2D eigenvalue weighted by Gasteiger charge is 2.54. The topological polar surface area (TPSA) is 81.9 Å². The minimum atomic E-state index is -0.880. The highest BCUT2D eigenvalue weighted by atomic mass is 16.6. The molecule has 2 aromatic rings. The van der Waals surface area contributed by atoms with Crippen LogP contribution in [0.1, 0.15) is 43.2 Å². The molecule has 1 aliphatic heterocycles. The zero-order chi connectivity index (χ0) is 22.4. The van der Waals surface area contributed by atoms with Crippen molar-refractivity contribution in [3.63, 3.8) is 0 Å². The molecule has 1 saturated heterocycles. The smallest absolute Gasteiger partial charge is 0.410 e. The van der Waals surface area contributed by atoms with Crippen LogP contribution in [0.15, 0.2) is 60.7 Å². The molecule has 2 aliphatic rings. The van der Waals surface area contributed by atoms with Gasteiger partial charge in [-0.3, -0.25) is 4.79 Å². The van der Waals surface area contributed by atoms with Crippen molar-refractivity contribution in [2.75, 3.05) is 19.6 Å². The summed E-state index contributed by atoms with van der Waals surface area (Å²) in [7, 11) is 0. The summed E-state index contributed by atoms with van der Waals surface area (Å²) in [6.07, 6.45) is 4.94. The zero-order valence-electron chi connectivity index (χ0n) is 18.4. The third kappa shape index (κ3) is 4.80. The van der Waals surface area contributed by atoms with E-state index in [1.165, 1.54) is 6.42 Å². The van der Waals surface area contributed by atoms with Crippen molar-refractivity contribution in [3.8, 4) is 0 Å². The molecule has 0 bridgehead atoms. The van der Waals surface area contributed by atoms with Crippen molar-refractivity contribution in [2.24, 2.45) is 11.7 Å². The van der Waals surface area contributed by atoms with Crippen LogP contribution in [0.25, 0.3) is 0 Å². The predicted octanol–water partition coefficient (Wildman–Crippen LogP) is 4.03. The van der Waals surface area contributed by atoms with Gasteiger partial charge in [0.25, 0.3) is 0 Å². The number of hydrogen-bond acceptors (Lipinski definition) is 5. The van der Waals surface area contributed by atoms with E-state index in [-0.39, 0.29) is 31.8 Å². The summed E-state index contributed by atoms with van der Waals surface area (Å²) in [5.41, 5.74) is 6.90. The lowest BCUT2D eigenvalue weighted by molar-refractivity contribution is -0.165. The Labute approximate surface area is 189 Å². The summed E-state index contributed by atoms with van der Waals surface area (Å²) in [6.45, 7) is 1.01. The van der Waals surface area contributed by atoms with Crippen molar-refractivity contribution in [1.82, 2.24) is 4.90 Å². The molecule has 0 aromatic heterocycles. The molecule has 2 fully saturated rings. The van der Waals surface area contributed by atoms with E-state index in [4.69, 9.17) is 15.2 Å². The third-order valence-electron chi connectivity index (χ3n) is 6.77. The van der Waals surface area contributed by atoms with Crippen LogP contribution in [0.4, 0.5) is 4.79 Å². The van der Waals surface area contributed by atoms with Crippen LogP contribution in [-0.2, 0) is 26.3 Å². The molecular formula is C26H32N2O4. The molecule has 0 unspecified atom stereocenters. The van der Waals surface area contributed by atoms with E-state index in [9.17, 15) is 9.59 Å². The Kier molecular flexibility index (Phi) is 7.10. The van der Waals surface area contributed by atoms with Gasteiger partial charge in [0.2, 0.25) is 0 Å². The van der Waals surface area contributed by atoms with Gasteiger partial charge in [0, 0.05) is 19.6 Å². The molecule has 6 nitrogen and oxygen atoms in total. The van der Waals surface area contributed by atoms with Gasteiger partial charge in [0.15, 0.2) is 0 Å². The normalized spacial score (nSPS) is 19.0. The molecule has 1 amide bonds. The molecule has 4 rings (SSSR count). The van der Waals surface area contributed by atoms with Crippen LogP contribution in [-0.4, -0.2) is 42.7 Å². The maximum Gasteiger partial charge on any atom is 0.410 e. The first kappa shape index (κ1) is 22.3. The van der Waals surface area contributed by atoms with Crippen molar-refractivity contribution in [1.29, 1.82) is 0 Å². The maximum atomic E-state index is 13.5. The van der Waals surface area contributed by atoms with E-state index in [0.717, 1.165) is 36.8 Å². The Bertz CT molecular complexity index is 891. The van der Waals surface area contributed by atoms with Gasteiger partial charge < -0.3 is 20.1 Å². The van der Waals surface area contributed by atoms with E-state index in [1.807, 2.05) is 60.7 Å². The molecule has 1 aliphatic carbocycles. The molecule has 1 saturated carbocycles. The van der Waals surface area contributed by atoms with Crippen LogP contribution < -0.4 is 5.73 Å². The average Bonchev–Trinajstić information content (AvgIpc) is 2.82. The quantitative estimate of drug-likeness (QED) is 0.663. The number of ether oxygens (including phenoxy) is 2. The number of carbonyl (C=O) groups is 2. The number of benzene rings is 2. The van der Waals surface area contributed by atoms with Gasteiger partial charge in [-0.05, 0) is 29.9 Å². The molecule has 2 N–H and O–H groups in total. The zero-order valence-corrected chi connectivity index (χ0v) is 18.4. The van der Waals surface area contributed by atoms with E-state index >= 15 is 0 Å².